The van der Waals surface area contributed by atoms with Crippen molar-refractivity contribution in [3.05, 3.63) is 102 Å². The van der Waals surface area contributed by atoms with E-state index in [0.717, 1.165) is 28.2 Å². The number of carbonyl (C=O) groups is 1. The molecule has 1 aromatic heterocycles. The second-order valence-electron chi connectivity index (χ2n) is 7.00. The highest BCUT2D eigenvalue weighted by atomic mass is 32.2. The van der Waals surface area contributed by atoms with Gasteiger partial charge in [-0.2, -0.15) is 0 Å². The molecule has 5 heteroatoms. The number of aromatic nitrogens is 2. The second-order valence-corrected chi connectivity index (χ2v) is 7.96. The average Bonchev–Trinajstić information content (AvgIpc) is 2.79. The van der Waals surface area contributed by atoms with E-state index in [0.29, 0.717) is 18.7 Å². The first-order valence-corrected chi connectivity index (χ1v) is 11.0. The summed E-state index contributed by atoms with van der Waals surface area (Å²) >= 11 is 1.47. The van der Waals surface area contributed by atoms with Gasteiger partial charge >= 0.3 is 0 Å². The van der Waals surface area contributed by atoms with Crippen LogP contribution in [0.4, 0.5) is 0 Å². The van der Waals surface area contributed by atoms with Gasteiger partial charge in [-0.25, -0.2) is 9.97 Å². The molecule has 0 bridgehead atoms. The maximum absolute atomic E-state index is 12.3. The minimum atomic E-state index is 0.0169. The van der Waals surface area contributed by atoms with Gasteiger partial charge in [-0.1, -0.05) is 90.6 Å². The van der Waals surface area contributed by atoms with Crippen molar-refractivity contribution in [3.8, 4) is 0 Å². The first kappa shape index (κ1) is 20.1. The van der Waals surface area contributed by atoms with Crippen LogP contribution in [-0.4, -0.2) is 28.2 Å². The maximum atomic E-state index is 12.3. The first-order chi connectivity index (χ1) is 14.8. The largest absolute Gasteiger partial charge is 0.355 e. The van der Waals surface area contributed by atoms with Crippen LogP contribution in [0, 0.1) is 0 Å². The van der Waals surface area contributed by atoms with Crippen LogP contribution in [0.2, 0.25) is 0 Å². The van der Waals surface area contributed by atoms with E-state index in [1.807, 2.05) is 60.7 Å². The van der Waals surface area contributed by atoms with Crippen molar-refractivity contribution in [2.24, 2.45) is 0 Å². The Morgan fingerprint density at radius 1 is 0.800 bits per heavy atom. The van der Waals surface area contributed by atoms with Crippen molar-refractivity contribution >= 4 is 28.6 Å². The van der Waals surface area contributed by atoms with E-state index in [4.69, 9.17) is 9.97 Å². The van der Waals surface area contributed by atoms with Crippen LogP contribution >= 0.6 is 11.8 Å². The van der Waals surface area contributed by atoms with E-state index in [2.05, 4.69) is 29.6 Å². The van der Waals surface area contributed by atoms with Gasteiger partial charge < -0.3 is 5.32 Å². The van der Waals surface area contributed by atoms with Gasteiger partial charge in [-0.3, -0.25) is 4.79 Å². The van der Waals surface area contributed by atoms with Gasteiger partial charge in [0, 0.05) is 18.4 Å². The highest BCUT2D eigenvalue weighted by molar-refractivity contribution is 8.00. The molecule has 1 heterocycles. The summed E-state index contributed by atoms with van der Waals surface area (Å²) in [6.45, 7) is 0.632. The first-order valence-electron chi connectivity index (χ1n) is 10.0. The Morgan fingerprint density at radius 2 is 1.47 bits per heavy atom. The Balaban J connectivity index is 1.41. The molecule has 1 N–H and O–H groups in total. The number of thioether (sulfide) groups is 1. The topological polar surface area (TPSA) is 54.9 Å². The van der Waals surface area contributed by atoms with Gasteiger partial charge in [0.2, 0.25) is 5.91 Å². The summed E-state index contributed by atoms with van der Waals surface area (Å²) in [5.41, 5.74) is 3.30. The number of nitrogens with one attached hydrogen (secondary N) is 1. The summed E-state index contributed by atoms with van der Waals surface area (Å²) in [6.07, 6.45) is 1.50. The number of rotatable bonds is 8. The zero-order valence-corrected chi connectivity index (χ0v) is 17.4. The zero-order chi connectivity index (χ0) is 20.6. The molecule has 0 aliphatic rings. The van der Waals surface area contributed by atoms with Gasteiger partial charge in [0.1, 0.15) is 10.9 Å². The lowest BCUT2D eigenvalue weighted by atomic mass is 10.1. The molecular weight excluding hydrogens is 390 g/mol. The molecule has 4 rings (SSSR count). The monoisotopic (exact) mass is 413 g/mol. The van der Waals surface area contributed by atoms with Crippen molar-refractivity contribution in [1.29, 1.82) is 0 Å². The smallest absolute Gasteiger partial charge is 0.230 e. The minimum Gasteiger partial charge on any atom is -0.355 e. The number of fused-ring (bicyclic) bond motifs is 1. The van der Waals surface area contributed by atoms with Crippen molar-refractivity contribution < 1.29 is 4.79 Å². The number of hydrogen-bond donors (Lipinski definition) is 1. The van der Waals surface area contributed by atoms with Gasteiger partial charge in [0.05, 0.1) is 11.3 Å². The Morgan fingerprint density at radius 3 is 2.23 bits per heavy atom. The molecule has 1 amide bonds. The van der Waals surface area contributed by atoms with Gasteiger partial charge in [-0.15, -0.1) is 0 Å². The van der Waals surface area contributed by atoms with Crippen molar-refractivity contribution in [2.75, 3.05) is 12.3 Å². The van der Waals surface area contributed by atoms with Crippen molar-refractivity contribution in [2.45, 2.75) is 17.9 Å². The fourth-order valence-electron chi connectivity index (χ4n) is 3.24. The van der Waals surface area contributed by atoms with Crippen LogP contribution in [0.25, 0.3) is 10.9 Å². The molecule has 0 fully saturated rings. The number of hydrogen-bond acceptors (Lipinski definition) is 4. The Kier molecular flexibility index (Phi) is 6.72. The Bertz CT molecular complexity index is 1120. The zero-order valence-electron chi connectivity index (χ0n) is 16.6. The SMILES string of the molecule is O=C(CSc1nc(Cc2ccccc2)nc2ccccc12)NCCc1ccccc1. The lowest BCUT2D eigenvalue weighted by Gasteiger charge is -2.09. The van der Waals surface area contributed by atoms with Crippen LogP contribution in [0.15, 0.2) is 90.0 Å². The number of amides is 1. The summed E-state index contributed by atoms with van der Waals surface area (Å²) in [5, 5.41) is 4.84. The fourth-order valence-corrected chi connectivity index (χ4v) is 4.10. The normalized spacial score (nSPS) is 10.8. The molecule has 0 aliphatic carbocycles. The Labute approximate surface area is 180 Å². The molecule has 0 aliphatic heterocycles. The third-order valence-corrected chi connectivity index (χ3v) is 5.73. The quantitative estimate of drug-likeness (QED) is 0.337. The third-order valence-electron chi connectivity index (χ3n) is 4.74. The van der Waals surface area contributed by atoms with Crippen LogP contribution in [0.3, 0.4) is 0 Å². The van der Waals surface area contributed by atoms with Crippen LogP contribution in [-0.2, 0) is 17.6 Å². The Hall–Kier alpha value is -3.18. The summed E-state index contributed by atoms with van der Waals surface area (Å²) in [4.78, 5) is 21.8. The third kappa shape index (κ3) is 5.45. The molecule has 4 aromatic rings. The predicted molar refractivity (Wildman–Crippen MR) is 123 cm³/mol. The molecule has 150 valence electrons. The van der Waals surface area contributed by atoms with Crippen molar-refractivity contribution in [3.63, 3.8) is 0 Å². The van der Waals surface area contributed by atoms with E-state index in [-0.39, 0.29) is 5.91 Å². The maximum Gasteiger partial charge on any atom is 0.230 e. The second kappa shape index (κ2) is 10.0. The van der Waals surface area contributed by atoms with E-state index < -0.39 is 0 Å². The van der Waals surface area contributed by atoms with E-state index in [9.17, 15) is 4.79 Å². The number of para-hydroxylation sites is 1. The van der Waals surface area contributed by atoms with Gasteiger partial charge in [-0.05, 0) is 23.6 Å². The predicted octanol–water partition coefficient (Wildman–Crippen LogP) is 4.67. The van der Waals surface area contributed by atoms with Crippen LogP contribution < -0.4 is 5.32 Å². The highest BCUT2D eigenvalue weighted by Gasteiger charge is 2.11. The summed E-state index contributed by atoms with van der Waals surface area (Å²) < 4.78 is 0. The molecule has 0 saturated carbocycles. The highest BCUT2D eigenvalue weighted by Crippen LogP contribution is 2.25. The van der Waals surface area contributed by atoms with Gasteiger partial charge in [0.15, 0.2) is 0 Å². The molecule has 0 spiro atoms. The van der Waals surface area contributed by atoms with E-state index in [1.54, 1.807) is 0 Å². The molecule has 30 heavy (non-hydrogen) atoms. The summed E-state index contributed by atoms with van der Waals surface area (Å²) in [6, 6.07) is 28.3. The minimum absolute atomic E-state index is 0.0169. The molecule has 4 nitrogen and oxygen atoms in total. The molecule has 0 radical (unpaired) electrons. The molecular formula is C25H23N3OS. The number of carbonyl (C=O) groups excluding carboxylic acids is 1. The number of benzene rings is 3. The van der Waals surface area contributed by atoms with E-state index >= 15 is 0 Å². The lowest BCUT2D eigenvalue weighted by Crippen LogP contribution is -2.27. The van der Waals surface area contributed by atoms with Crippen LogP contribution in [0.5, 0.6) is 0 Å². The van der Waals surface area contributed by atoms with Crippen LogP contribution in [0.1, 0.15) is 17.0 Å². The molecule has 0 saturated heterocycles. The molecule has 3 aromatic carbocycles. The lowest BCUT2D eigenvalue weighted by molar-refractivity contribution is -0.118. The molecule has 0 unspecified atom stereocenters. The van der Waals surface area contributed by atoms with Gasteiger partial charge in [0.25, 0.3) is 0 Å². The fraction of sp³-hybridized carbons (Fsp3) is 0.160. The summed E-state index contributed by atoms with van der Waals surface area (Å²) in [5.74, 6) is 1.12. The number of nitrogens with zero attached hydrogens (tertiary/aromatic N) is 2. The van der Waals surface area contributed by atoms with Crippen molar-refractivity contribution in [1.82, 2.24) is 15.3 Å². The summed E-state index contributed by atoms with van der Waals surface area (Å²) in [7, 11) is 0. The standard InChI is InChI=1S/C25H23N3OS/c29-24(26-16-15-19-9-3-1-4-10-19)18-30-25-21-13-7-8-14-22(21)27-23(28-25)17-20-11-5-2-6-12-20/h1-14H,15-18H2,(H,26,29). The van der Waals surface area contributed by atoms with E-state index in [1.165, 1.54) is 22.9 Å². The molecule has 0 atom stereocenters. The average molecular weight is 414 g/mol.